The summed E-state index contributed by atoms with van der Waals surface area (Å²) in [5.74, 6) is 0. The van der Waals surface area contributed by atoms with Gasteiger partial charge in [-0.25, -0.2) is 0 Å². The van der Waals surface area contributed by atoms with E-state index in [0.29, 0.717) is 0 Å². The molecule has 1 aliphatic heterocycles. The minimum atomic E-state index is 0.0468. The van der Waals surface area contributed by atoms with Crippen LogP contribution >= 0.6 is 0 Å². The number of benzene rings is 7. The van der Waals surface area contributed by atoms with E-state index in [1.165, 1.54) is 50.6 Å². The Morgan fingerprint density at radius 2 is 1.25 bits per heavy atom. The molecule has 4 heterocycles. The minimum Gasteiger partial charge on any atom is -0.454 e. The predicted octanol–water partition coefficient (Wildman–Crippen LogP) is 12.9. The van der Waals surface area contributed by atoms with Gasteiger partial charge < -0.3 is 18.7 Å². The number of hydrogen-bond donors (Lipinski definition) is 1. The maximum absolute atomic E-state index is 6.89. The molecular formula is C51H40BN2O2. The summed E-state index contributed by atoms with van der Waals surface area (Å²) in [5, 5.41) is 6.85. The van der Waals surface area contributed by atoms with Crippen molar-refractivity contribution in [1.29, 1.82) is 0 Å². The molecule has 1 aliphatic carbocycles. The van der Waals surface area contributed by atoms with Gasteiger partial charge in [0.1, 0.15) is 11.2 Å². The fourth-order valence-electron chi connectivity index (χ4n) is 10.2. The maximum atomic E-state index is 6.89. The lowest BCUT2D eigenvalue weighted by molar-refractivity contribution is 0.332. The van der Waals surface area contributed by atoms with Gasteiger partial charge in [-0.1, -0.05) is 118 Å². The van der Waals surface area contributed by atoms with Crippen LogP contribution in [0.4, 0.5) is 17.1 Å². The van der Waals surface area contributed by atoms with Crippen molar-refractivity contribution in [3.8, 4) is 11.1 Å². The second-order valence-corrected chi connectivity index (χ2v) is 17.5. The SMILES string of the molecule is Cc1cc2c(cc1N1c3cc4ccccc4c(-c4cccc5c4[nH]c4c6ccccc6oc54)c3[B]c3ccc4c(oc5ccccc54)c31)C(C)(C)CCC2(C)C. The zero-order valence-electron chi connectivity index (χ0n) is 32.3. The molecule has 5 heteroatoms. The Hall–Kier alpha value is -6.20. The van der Waals surface area contributed by atoms with Crippen LogP contribution in [0.1, 0.15) is 57.2 Å². The average molecular weight is 724 g/mol. The number of hydrogen-bond acceptors (Lipinski definition) is 3. The molecule has 2 aliphatic rings. The lowest BCUT2D eigenvalue weighted by atomic mass is 9.57. The van der Waals surface area contributed by atoms with Gasteiger partial charge in [0, 0.05) is 38.5 Å². The summed E-state index contributed by atoms with van der Waals surface area (Å²) in [5.41, 5.74) is 18.2. The second-order valence-electron chi connectivity index (χ2n) is 17.5. The maximum Gasteiger partial charge on any atom is 0.198 e. The summed E-state index contributed by atoms with van der Waals surface area (Å²) in [6.07, 6.45) is 2.33. The van der Waals surface area contributed by atoms with Crippen LogP contribution in [0.25, 0.3) is 76.8 Å². The predicted molar refractivity (Wildman–Crippen MR) is 236 cm³/mol. The zero-order chi connectivity index (χ0) is 37.7. The Morgan fingerprint density at radius 3 is 2.05 bits per heavy atom. The van der Waals surface area contributed by atoms with Crippen molar-refractivity contribution < 1.29 is 8.83 Å². The molecule has 3 aromatic heterocycles. The van der Waals surface area contributed by atoms with Crippen molar-refractivity contribution in [1.82, 2.24) is 4.98 Å². The molecule has 1 radical (unpaired) electrons. The molecule has 0 atom stereocenters. The Balaban J connectivity index is 1.21. The highest BCUT2D eigenvalue weighted by Gasteiger charge is 2.39. The van der Waals surface area contributed by atoms with Gasteiger partial charge in [0.15, 0.2) is 18.4 Å². The first-order chi connectivity index (χ1) is 27.2. The molecule has 0 amide bonds. The molecule has 0 bridgehead atoms. The molecular weight excluding hydrogens is 683 g/mol. The molecule has 10 aromatic rings. The van der Waals surface area contributed by atoms with Crippen molar-refractivity contribution in [3.05, 3.63) is 138 Å². The molecule has 0 unspecified atom stereocenters. The van der Waals surface area contributed by atoms with Gasteiger partial charge >= 0.3 is 0 Å². The van der Waals surface area contributed by atoms with E-state index in [4.69, 9.17) is 8.83 Å². The Bertz CT molecular complexity index is 3320. The third-order valence-corrected chi connectivity index (χ3v) is 13.2. The number of nitrogens with one attached hydrogen (secondary N) is 1. The Morgan fingerprint density at radius 1 is 0.589 bits per heavy atom. The summed E-state index contributed by atoms with van der Waals surface area (Å²) in [4.78, 5) is 6.40. The van der Waals surface area contributed by atoms with E-state index in [9.17, 15) is 0 Å². The molecule has 269 valence electrons. The second kappa shape index (κ2) is 11.0. The van der Waals surface area contributed by atoms with Gasteiger partial charge in [0.05, 0.1) is 16.7 Å². The highest BCUT2D eigenvalue weighted by atomic mass is 16.3. The van der Waals surface area contributed by atoms with Crippen molar-refractivity contribution in [3.63, 3.8) is 0 Å². The van der Waals surface area contributed by atoms with Gasteiger partial charge in [0.2, 0.25) is 0 Å². The van der Waals surface area contributed by atoms with Crippen LogP contribution in [0.15, 0.2) is 130 Å². The summed E-state index contributed by atoms with van der Waals surface area (Å²) in [6, 6.07) is 44.2. The van der Waals surface area contributed by atoms with Gasteiger partial charge in [-0.05, 0) is 105 Å². The molecule has 56 heavy (non-hydrogen) atoms. The first-order valence-corrected chi connectivity index (χ1v) is 19.9. The highest BCUT2D eigenvalue weighted by Crippen LogP contribution is 2.51. The Labute approximate surface area is 326 Å². The fraction of sp³-hybridized carbons (Fsp3) is 0.176. The zero-order valence-corrected chi connectivity index (χ0v) is 32.3. The lowest BCUT2D eigenvalue weighted by Gasteiger charge is -2.43. The topological polar surface area (TPSA) is 45.3 Å². The monoisotopic (exact) mass is 723 g/mol. The molecule has 0 spiro atoms. The number of para-hydroxylation sites is 3. The van der Waals surface area contributed by atoms with Crippen molar-refractivity contribution in [2.24, 2.45) is 0 Å². The van der Waals surface area contributed by atoms with E-state index in [2.05, 4.69) is 161 Å². The minimum absolute atomic E-state index is 0.0468. The number of H-pyrrole nitrogens is 1. The summed E-state index contributed by atoms with van der Waals surface area (Å²) >= 11 is 0. The van der Waals surface area contributed by atoms with Crippen molar-refractivity contribution in [2.75, 3.05) is 4.90 Å². The lowest BCUT2D eigenvalue weighted by Crippen LogP contribution is -2.41. The summed E-state index contributed by atoms with van der Waals surface area (Å²) in [6.45, 7) is 12.0. The normalized spacial score (nSPS) is 15.8. The first kappa shape index (κ1) is 32.1. The summed E-state index contributed by atoms with van der Waals surface area (Å²) in [7, 11) is 2.40. The molecule has 12 rings (SSSR count). The van der Waals surface area contributed by atoms with Crippen LogP contribution in [0.5, 0.6) is 0 Å². The molecule has 0 saturated carbocycles. The number of rotatable bonds is 2. The van der Waals surface area contributed by atoms with Crippen LogP contribution in [-0.2, 0) is 10.8 Å². The Kier molecular flexibility index (Phi) is 6.29. The van der Waals surface area contributed by atoms with Crippen LogP contribution < -0.4 is 15.8 Å². The standard InChI is InChI=1S/C51H40BN2O2/c1-28-25-36-37(51(4,5)24-23-50(36,2)3)27-39(28)54-40-26-29-13-6-7-14-30(29)43(34-17-12-18-35-45(34)53-46-33-16-9-11-20-42(33)55-48(35)46)44(40)52-38-22-21-32-31-15-8-10-19-41(31)56-49(32)47(38)54/h6-22,25-27,53H,23-24H2,1-5H3. The number of anilines is 3. The number of fused-ring (bicyclic) bond motifs is 13. The van der Waals surface area contributed by atoms with Gasteiger partial charge in [-0.2, -0.15) is 0 Å². The molecule has 0 fully saturated rings. The smallest absolute Gasteiger partial charge is 0.198 e. The van der Waals surface area contributed by atoms with E-state index in [0.717, 1.165) is 83.7 Å². The molecule has 0 saturated heterocycles. The summed E-state index contributed by atoms with van der Waals surface area (Å²) < 4.78 is 13.4. The van der Waals surface area contributed by atoms with Crippen LogP contribution in [-0.4, -0.2) is 12.3 Å². The third kappa shape index (κ3) is 4.26. The number of furan rings is 2. The van der Waals surface area contributed by atoms with E-state index in [-0.39, 0.29) is 10.8 Å². The van der Waals surface area contributed by atoms with Crippen LogP contribution in [0, 0.1) is 6.92 Å². The molecule has 4 nitrogen and oxygen atoms in total. The molecule has 7 aromatic carbocycles. The number of aromatic amines is 1. The van der Waals surface area contributed by atoms with Gasteiger partial charge in [-0.15, -0.1) is 0 Å². The van der Waals surface area contributed by atoms with Crippen molar-refractivity contribution in [2.45, 2.75) is 58.3 Å². The number of nitrogens with zero attached hydrogens (tertiary/aromatic N) is 1. The van der Waals surface area contributed by atoms with E-state index >= 15 is 0 Å². The van der Waals surface area contributed by atoms with Crippen LogP contribution in [0.2, 0.25) is 0 Å². The average Bonchev–Trinajstić information content (AvgIpc) is 3.88. The van der Waals surface area contributed by atoms with E-state index in [1.807, 2.05) is 12.1 Å². The van der Waals surface area contributed by atoms with Crippen molar-refractivity contribution >= 4 is 101 Å². The highest BCUT2D eigenvalue weighted by molar-refractivity contribution is 6.74. The van der Waals surface area contributed by atoms with Gasteiger partial charge in [0.25, 0.3) is 0 Å². The van der Waals surface area contributed by atoms with Gasteiger partial charge in [-0.3, -0.25) is 0 Å². The van der Waals surface area contributed by atoms with Crippen LogP contribution in [0.3, 0.4) is 0 Å². The fourth-order valence-corrected chi connectivity index (χ4v) is 10.2. The van der Waals surface area contributed by atoms with E-state index < -0.39 is 0 Å². The number of aromatic nitrogens is 1. The van der Waals surface area contributed by atoms with E-state index in [1.54, 1.807) is 0 Å². The molecule has 1 N–H and O–H groups in total. The third-order valence-electron chi connectivity index (χ3n) is 13.2. The number of aryl methyl sites for hydroxylation is 1. The first-order valence-electron chi connectivity index (χ1n) is 19.9. The largest absolute Gasteiger partial charge is 0.454 e. The quantitative estimate of drug-likeness (QED) is 0.181.